The molecule has 0 aromatic carbocycles. The largest absolute Gasteiger partial charge is 0.478 e. The van der Waals surface area contributed by atoms with E-state index in [1.165, 1.54) is 6.08 Å². The lowest BCUT2D eigenvalue weighted by molar-refractivity contribution is -0.131. The highest BCUT2D eigenvalue weighted by molar-refractivity contribution is 9.10. The minimum atomic E-state index is -0.960. The van der Waals surface area contributed by atoms with Gasteiger partial charge in [0.25, 0.3) is 0 Å². The topological polar surface area (TPSA) is 50.2 Å². The van der Waals surface area contributed by atoms with Gasteiger partial charge in [-0.3, -0.25) is 0 Å². The highest BCUT2D eigenvalue weighted by Gasteiger charge is 1.90. The summed E-state index contributed by atoms with van der Waals surface area (Å²) in [6.45, 7) is 0. The van der Waals surface area contributed by atoms with Gasteiger partial charge in [0.05, 0.1) is 0 Å². The molecule has 62 valence electrons. The summed E-state index contributed by atoms with van der Waals surface area (Å²) in [5.74, 6) is -0.960. The lowest BCUT2D eigenvalue weighted by atomic mass is 10.3. The van der Waals surface area contributed by atoms with Crippen LogP contribution < -0.4 is 0 Å². The zero-order valence-electron chi connectivity index (χ0n) is 6.07. The molecule has 0 saturated heterocycles. The second kappa shape index (κ2) is 4.01. The van der Waals surface area contributed by atoms with Crippen LogP contribution in [0, 0.1) is 0 Å². The second-order valence-corrected chi connectivity index (χ2v) is 2.90. The molecule has 0 radical (unpaired) electrons. The summed E-state index contributed by atoms with van der Waals surface area (Å²) in [7, 11) is 0. The molecule has 1 N–H and O–H groups in total. The molecule has 0 unspecified atom stereocenters. The van der Waals surface area contributed by atoms with Crippen LogP contribution in [-0.4, -0.2) is 16.1 Å². The molecule has 3 nitrogen and oxygen atoms in total. The normalized spacial score (nSPS) is 10.4. The smallest absolute Gasteiger partial charge is 0.328 e. The molecule has 12 heavy (non-hydrogen) atoms. The third-order valence-corrected chi connectivity index (χ3v) is 1.64. The van der Waals surface area contributed by atoms with E-state index in [9.17, 15) is 4.79 Å². The van der Waals surface area contributed by atoms with E-state index in [4.69, 9.17) is 5.11 Å². The summed E-state index contributed by atoms with van der Waals surface area (Å²) in [5.41, 5.74) is 0.764. The van der Waals surface area contributed by atoms with Gasteiger partial charge in [0.15, 0.2) is 0 Å². The first kappa shape index (κ1) is 8.93. The molecule has 0 aliphatic carbocycles. The predicted octanol–water partition coefficient (Wildman–Crippen LogP) is 1.94. The fraction of sp³-hybridized carbons (Fsp3) is 0. The Kier molecular flexibility index (Phi) is 2.99. The van der Waals surface area contributed by atoms with E-state index in [-0.39, 0.29) is 0 Å². The molecule has 0 aliphatic heterocycles. The summed E-state index contributed by atoms with van der Waals surface area (Å²) in [6.07, 6.45) is 4.15. The first-order valence-electron chi connectivity index (χ1n) is 3.21. The van der Waals surface area contributed by atoms with Crippen molar-refractivity contribution in [3.05, 3.63) is 34.6 Å². The number of nitrogens with zero attached hydrogens (tertiary/aromatic N) is 1. The number of carboxylic acids is 1. The SMILES string of the molecule is O=C(O)C=Cc1ccc(Br)nc1. The van der Waals surface area contributed by atoms with E-state index >= 15 is 0 Å². The van der Waals surface area contributed by atoms with Gasteiger partial charge >= 0.3 is 5.97 Å². The van der Waals surface area contributed by atoms with Gasteiger partial charge in [-0.1, -0.05) is 6.07 Å². The van der Waals surface area contributed by atoms with Crippen LogP contribution in [0.5, 0.6) is 0 Å². The van der Waals surface area contributed by atoms with Crippen molar-refractivity contribution in [2.75, 3.05) is 0 Å². The van der Waals surface area contributed by atoms with Crippen molar-refractivity contribution in [2.45, 2.75) is 0 Å². The summed E-state index contributed by atoms with van der Waals surface area (Å²) in [4.78, 5) is 14.1. The predicted molar refractivity (Wildman–Crippen MR) is 48.6 cm³/mol. The molecule has 1 rings (SSSR count). The highest BCUT2D eigenvalue weighted by Crippen LogP contribution is 2.07. The fourth-order valence-corrected chi connectivity index (χ4v) is 0.888. The maximum atomic E-state index is 10.1. The second-order valence-electron chi connectivity index (χ2n) is 2.09. The maximum absolute atomic E-state index is 10.1. The van der Waals surface area contributed by atoms with Gasteiger partial charge in [0, 0.05) is 12.3 Å². The molecule has 0 atom stereocenters. The molecule has 1 heterocycles. The Morgan fingerprint density at radius 1 is 1.58 bits per heavy atom. The van der Waals surface area contributed by atoms with Crippen LogP contribution in [0.3, 0.4) is 0 Å². The quantitative estimate of drug-likeness (QED) is 0.621. The molecule has 1 aromatic rings. The van der Waals surface area contributed by atoms with Gasteiger partial charge in [0.2, 0.25) is 0 Å². The molecule has 0 saturated carbocycles. The number of aliphatic carboxylic acids is 1. The van der Waals surface area contributed by atoms with Crippen LogP contribution >= 0.6 is 15.9 Å². The van der Waals surface area contributed by atoms with Crippen LogP contribution in [-0.2, 0) is 4.79 Å². The van der Waals surface area contributed by atoms with E-state index in [0.717, 1.165) is 16.2 Å². The minimum Gasteiger partial charge on any atom is -0.478 e. The lowest BCUT2D eigenvalue weighted by Crippen LogP contribution is -1.85. The lowest BCUT2D eigenvalue weighted by Gasteiger charge is -1.90. The van der Waals surface area contributed by atoms with Gasteiger partial charge in [-0.15, -0.1) is 0 Å². The molecule has 0 spiro atoms. The van der Waals surface area contributed by atoms with E-state index in [0.29, 0.717) is 0 Å². The van der Waals surface area contributed by atoms with Gasteiger partial charge in [0.1, 0.15) is 4.60 Å². The van der Waals surface area contributed by atoms with Crippen molar-refractivity contribution < 1.29 is 9.90 Å². The molecule has 1 aromatic heterocycles. The first-order valence-corrected chi connectivity index (χ1v) is 4.00. The third-order valence-electron chi connectivity index (χ3n) is 1.17. The molecular weight excluding hydrogens is 222 g/mol. The fourth-order valence-electron chi connectivity index (χ4n) is 0.653. The van der Waals surface area contributed by atoms with Gasteiger partial charge in [-0.25, -0.2) is 9.78 Å². The summed E-state index contributed by atoms with van der Waals surface area (Å²) in [6, 6.07) is 3.53. The van der Waals surface area contributed by atoms with Crippen molar-refractivity contribution in [1.82, 2.24) is 4.98 Å². The maximum Gasteiger partial charge on any atom is 0.328 e. The van der Waals surface area contributed by atoms with Crippen LogP contribution in [0.2, 0.25) is 0 Å². The van der Waals surface area contributed by atoms with Crippen LogP contribution in [0.25, 0.3) is 6.08 Å². The number of rotatable bonds is 2. The van der Waals surface area contributed by atoms with E-state index in [2.05, 4.69) is 20.9 Å². The number of hydrogen-bond donors (Lipinski definition) is 1. The average molecular weight is 228 g/mol. The number of hydrogen-bond acceptors (Lipinski definition) is 2. The van der Waals surface area contributed by atoms with Gasteiger partial charge < -0.3 is 5.11 Å². The third kappa shape index (κ3) is 2.84. The van der Waals surface area contributed by atoms with Crippen molar-refractivity contribution >= 4 is 28.0 Å². The highest BCUT2D eigenvalue weighted by atomic mass is 79.9. The molecule has 0 fully saturated rings. The Morgan fingerprint density at radius 3 is 2.83 bits per heavy atom. The minimum absolute atomic E-state index is 0.731. The van der Waals surface area contributed by atoms with Gasteiger partial charge in [-0.05, 0) is 33.6 Å². The van der Waals surface area contributed by atoms with E-state index < -0.39 is 5.97 Å². The Labute approximate surface area is 77.9 Å². The van der Waals surface area contributed by atoms with Crippen molar-refractivity contribution in [2.24, 2.45) is 0 Å². The number of carboxylic acid groups (broad SMARTS) is 1. The number of halogens is 1. The Hall–Kier alpha value is -1.16. The Morgan fingerprint density at radius 2 is 2.33 bits per heavy atom. The molecule has 0 aliphatic rings. The standard InChI is InChI=1S/C8H6BrNO2/c9-7-3-1-6(5-10-7)2-4-8(11)12/h1-5H,(H,11,12). The monoisotopic (exact) mass is 227 g/mol. The van der Waals surface area contributed by atoms with Crippen LogP contribution in [0.1, 0.15) is 5.56 Å². The van der Waals surface area contributed by atoms with E-state index in [1.54, 1.807) is 18.3 Å². The summed E-state index contributed by atoms with van der Waals surface area (Å²) in [5, 5.41) is 8.31. The van der Waals surface area contributed by atoms with Gasteiger partial charge in [-0.2, -0.15) is 0 Å². The van der Waals surface area contributed by atoms with Crippen molar-refractivity contribution in [3.63, 3.8) is 0 Å². The summed E-state index contributed by atoms with van der Waals surface area (Å²) >= 11 is 3.17. The molecule has 0 amide bonds. The zero-order chi connectivity index (χ0) is 8.97. The molecule has 0 bridgehead atoms. The van der Waals surface area contributed by atoms with Crippen molar-refractivity contribution in [1.29, 1.82) is 0 Å². The van der Waals surface area contributed by atoms with E-state index in [1.807, 2.05) is 0 Å². The number of carbonyl (C=O) groups is 1. The molecular formula is C8H6BrNO2. The number of aromatic nitrogens is 1. The summed E-state index contributed by atoms with van der Waals surface area (Å²) < 4.78 is 0.731. The van der Waals surface area contributed by atoms with Crippen LogP contribution in [0.4, 0.5) is 0 Å². The number of pyridine rings is 1. The Bertz CT molecular complexity index is 305. The zero-order valence-corrected chi connectivity index (χ0v) is 7.65. The van der Waals surface area contributed by atoms with Crippen molar-refractivity contribution in [3.8, 4) is 0 Å². The van der Waals surface area contributed by atoms with Crippen LogP contribution in [0.15, 0.2) is 29.0 Å². The first-order chi connectivity index (χ1) is 5.68. The average Bonchev–Trinajstić information content (AvgIpc) is 2.03. The molecule has 4 heteroatoms. The Balaban J connectivity index is 2.77.